The Morgan fingerprint density at radius 1 is 1.04 bits per heavy atom. The van der Waals surface area contributed by atoms with Crippen LogP contribution in [0.2, 0.25) is 0 Å². The Balaban J connectivity index is 1.39. The number of nitrogens with zero attached hydrogens (tertiary/aromatic N) is 3. The first-order valence-electron chi connectivity index (χ1n) is 9.25. The van der Waals surface area contributed by atoms with Gasteiger partial charge in [0, 0.05) is 37.4 Å². The molecule has 7 nitrogen and oxygen atoms in total. The van der Waals surface area contributed by atoms with Crippen LogP contribution in [0.3, 0.4) is 0 Å². The van der Waals surface area contributed by atoms with Gasteiger partial charge in [-0.25, -0.2) is 13.4 Å². The summed E-state index contributed by atoms with van der Waals surface area (Å²) < 4.78 is 31.9. The number of pyridine rings is 2. The fourth-order valence-electron chi connectivity index (χ4n) is 3.27. The molecule has 1 saturated heterocycles. The first-order chi connectivity index (χ1) is 13.6. The fraction of sp³-hybridized carbons (Fsp3) is 0.300. The lowest BCUT2D eigenvalue weighted by molar-refractivity contribution is 0.0730. The summed E-state index contributed by atoms with van der Waals surface area (Å²) in [5.41, 5.74) is 2.17. The van der Waals surface area contributed by atoms with Crippen molar-refractivity contribution in [3.05, 3.63) is 60.4 Å². The van der Waals surface area contributed by atoms with Crippen molar-refractivity contribution in [2.24, 2.45) is 0 Å². The molecule has 0 bridgehead atoms. The van der Waals surface area contributed by atoms with E-state index in [1.165, 1.54) is 10.5 Å². The van der Waals surface area contributed by atoms with Gasteiger partial charge in [0.15, 0.2) is 0 Å². The standard InChI is InChI=1S/C20H22N4O3S/c25-28(26,24-11-13-27-14-12-24)18-6-7-19(23-15-18)21-10-8-17-4-1-3-16-5-2-9-22-20(16)17/h1-7,9,15H,8,10-14H2,(H,21,23). The van der Waals surface area contributed by atoms with Crippen molar-refractivity contribution in [1.82, 2.24) is 14.3 Å². The number of rotatable bonds is 6. The predicted octanol–water partition coefficient (Wildman–Crippen LogP) is 2.31. The van der Waals surface area contributed by atoms with E-state index in [4.69, 9.17) is 4.74 Å². The van der Waals surface area contributed by atoms with Crippen LogP contribution in [-0.2, 0) is 21.2 Å². The SMILES string of the molecule is O=S(=O)(c1ccc(NCCc2cccc3cccnc23)nc1)N1CCOCC1. The molecule has 0 atom stereocenters. The van der Waals surface area contributed by atoms with Crippen LogP contribution >= 0.6 is 0 Å². The molecule has 8 heteroatoms. The third-order valence-corrected chi connectivity index (χ3v) is 6.64. The summed E-state index contributed by atoms with van der Waals surface area (Å²) in [6.07, 6.45) is 4.00. The molecule has 1 fully saturated rings. The van der Waals surface area contributed by atoms with E-state index in [1.807, 2.05) is 12.1 Å². The van der Waals surface area contributed by atoms with Crippen LogP contribution < -0.4 is 5.32 Å². The zero-order chi connectivity index (χ0) is 19.4. The minimum atomic E-state index is -3.51. The smallest absolute Gasteiger partial charge is 0.244 e. The van der Waals surface area contributed by atoms with Crippen LogP contribution in [0.1, 0.15) is 5.56 Å². The van der Waals surface area contributed by atoms with Gasteiger partial charge in [-0.2, -0.15) is 4.31 Å². The van der Waals surface area contributed by atoms with Crippen LogP contribution in [0.25, 0.3) is 10.9 Å². The van der Waals surface area contributed by atoms with Crippen LogP contribution in [0, 0.1) is 0 Å². The van der Waals surface area contributed by atoms with E-state index in [2.05, 4.69) is 33.5 Å². The first-order valence-corrected chi connectivity index (χ1v) is 10.7. The van der Waals surface area contributed by atoms with Gasteiger partial charge in [-0.05, 0) is 30.2 Å². The Hall–Kier alpha value is -2.55. The number of benzene rings is 1. The molecule has 1 aromatic carbocycles. The Kier molecular flexibility index (Phi) is 5.52. The number of fused-ring (bicyclic) bond motifs is 1. The van der Waals surface area contributed by atoms with Crippen LogP contribution in [-0.4, -0.2) is 55.5 Å². The van der Waals surface area contributed by atoms with E-state index < -0.39 is 10.0 Å². The number of hydrogen-bond donors (Lipinski definition) is 1. The van der Waals surface area contributed by atoms with Crippen molar-refractivity contribution < 1.29 is 13.2 Å². The van der Waals surface area contributed by atoms with Crippen LogP contribution in [0.15, 0.2) is 59.8 Å². The molecule has 0 unspecified atom stereocenters. The van der Waals surface area contributed by atoms with E-state index in [9.17, 15) is 8.42 Å². The van der Waals surface area contributed by atoms with Crippen molar-refractivity contribution in [1.29, 1.82) is 0 Å². The Bertz CT molecular complexity index is 1040. The molecule has 2 aromatic heterocycles. The molecule has 4 rings (SSSR count). The van der Waals surface area contributed by atoms with Crippen molar-refractivity contribution >= 4 is 26.7 Å². The van der Waals surface area contributed by atoms with E-state index in [1.54, 1.807) is 18.3 Å². The second kappa shape index (κ2) is 8.22. The fourth-order valence-corrected chi connectivity index (χ4v) is 4.62. The largest absolute Gasteiger partial charge is 0.379 e. The third-order valence-electron chi connectivity index (χ3n) is 4.76. The van der Waals surface area contributed by atoms with Crippen molar-refractivity contribution in [3.8, 4) is 0 Å². The highest BCUT2D eigenvalue weighted by molar-refractivity contribution is 7.89. The number of hydrogen-bond acceptors (Lipinski definition) is 6. The molecule has 1 aliphatic rings. The lowest BCUT2D eigenvalue weighted by Gasteiger charge is -2.25. The molecule has 0 saturated carbocycles. The average molecular weight is 398 g/mol. The number of ether oxygens (including phenoxy) is 1. The minimum Gasteiger partial charge on any atom is -0.379 e. The zero-order valence-corrected chi connectivity index (χ0v) is 16.2. The number of sulfonamides is 1. The normalized spacial score (nSPS) is 15.6. The summed E-state index contributed by atoms with van der Waals surface area (Å²) in [7, 11) is -3.51. The maximum absolute atomic E-state index is 12.6. The molecule has 28 heavy (non-hydrogen) atoms. The van der Waals surface area contributed by atoms with Crippen molar-refractivity contribution in [3.63, 3.8) is 0 Å². The highest BCUT2D eigenvalue weighted by atomic mass is 32.2. The van der Waals surface area contributed by atoms with Crippen LogP contribution in [0.4, 0.5) is 5.82 Å². The molecule has 1 aliphatic heterocycles. The summed E-state index contributed by atoms with van der Waals surface area (Å²) >= 11 is 0. The van der Waals surface area contributed by atoms with Crippen LogP contribution in [0.5, 0.6) is 0 Å². The van der Waals surface area contributed by atoms with E-state index in [0.717, 1.165) is 22.9 Å². The average Bonchev–Trinajstić information content (AvgIpc) is 2.75. The van der Waals surface area contributed by atoms with Gasteiger partial charge >= 0.3 is 0 Å². The van der Waals surface area contributed by atoms with Gasteiger partial charge in [-0.3, -0.25) is 4.98 Å². The van der Waals surface area contributed by atoms with Crippen molar-refractivity contribution in [2.45, 2.75) is 11.3 Å². The molecule has 146 valence electrons. The molecule has 3 aromatic rings. The Labute approximate surface area is 164 Å². The molecule has 0 amide bonds. The summed E-state index contributed by atoms with van der Waals surface area (Å²) in [4.78, 5) is 8.94. The number of aromatic nitrogens is 2. The summed E-state index contributed by atoms with van der Waals surface area (Å²) in [6, 6.07) is 13.4. The van der Waals surface area contributed by atoms with E-state index in [-0.39, 0.29) is 4.90 Å². The second-order valence-corrected chi connectivity index (χ2v) is 8.50. The molecule has 0 spiro atoms. The molecule has 1 N–H and O–H groups in total. The maximum atomic E-state index is 12.6. The monoisotopic (exact) mass is 398 g/mol. The third kappa shape index (κ3) is 3.99. The predicted molar refractivity (Wildman–Crippen MR) is 108 cm³/mol. The Morgan fingerprint density at radius 2 is 1.86 bits per heavy atom. The second-order valence-electron chi connectivity index (χ2n) is 6.56. The van der Waals surface area contributed by atoms with Gasteiger partial charge in [0.2, 0.25) is 10.0 Å². The highest BCUT2D eigenvalue weighted by Gasteiger charge is 2.26. The van der Waals surface area contributed by atoms with Crippen molar-refractivity contribution in [2.75, 3.05) is 38.2 Å². The molecule has 3 heterocycles. The number of para-hydroxylation sites is 1. The van der Waals surface area contributed by atoms with Gasteiger partial charge in [-0.1, -0.05) is 24.3 Å². The quantitative estimate of drug-likeness (QED) is 0.686. The van der Waals surface area contributed by atoms with Gasteiger partial charge in [0.05, 0.1) is 18.7 Å². The van der Waals surface area contributed by atoms with E-state index >= 15 is 0 Å². The zero-order valence-electron chi connectivity index (χ0n) is 15.4. The topological polar surface area (TPSA) is 84.4 Å². The summed E-state index contributed by atoms with van der Waals surface area (Å²) in [5.74, 6) is 0.647. The Morgan fingerprint density at radius 3 is 2.64 bits per heavy atom. The number of nitrogens with one attached hydrogen (secondary N) is 1. The maximum Gasteiger partial charge on any atom is 0.244 e. The first kappa shape index (κ1) is 18.8. The molecule has 0 aliphatic carbocycles. The van der Waals surface area contributed by atoms with Gasteiger partial charge < -0.3 is 10.1 Å². The molecular formula is C20H22N4O3S. The van der Waals surface area contributed by atoms with E-state index in [0.29, 0.717) is 38.7 Å². The minimum absolute atomic E-state index is 0.207. The number of morpholine rings is 1. The summed E-state index contributed by atoms with van der Waals surface area (Å²) in [5, 5.41) is 4.37. The lowest BCUT2D eigenvalue weighted by atomic mass is 10.1. The lowest BCUT2D eigenvalue weighted by Crippen LogP contribution is -2.40. The molecule has 0 radical (unpaired) electrons. The van der Waals surface area contributed by atoms with Gasteiger partial charge in [-0.15, -0.1) is 0 Å². The summed E-state index contributed by atoms with van der Waals surface area (Å²) in [6.45, 7) is 2.28. The van der Waals surface area contributed by atoms with Gasteiger partial charge in [0.25, 0.3) is 0 Å². The molecular weight excluding hydrogens is 376 g/mol. The number of anilines is 1. The van der Waals surface area contributed by atoms with Gasteiger partial charge in [0.1, 0.15) is 10.7 Å². The highest BCUT2D eigenvalue weighted by Crippen LogP contribution is 2.19.